The van der Waals surface area contributed by atoms with E-state index in [2.05, 4.69) is 55.8 Å². The number of unbranched alkanes of at least 4 members (excludes halogenated alkanes) is 1. The Hall–Kier alpha value is -2.20. The van der Waals surface area contributed by atoms with Crippen molar-refractivity contribution < 1.29 is 9.47 Å². The van der Waals surface area contributed by atoms with Crippen molar-refractivity contribution in [2.75, 3.05) is 64.4 Å². The molecule has 2 aromatic carbocycles. The highest BCUT2D eigenvalue weighted by Crippen LogP contribution is 2.30. The summed E-state index contributed by atoms with van der Waals surface area (Å²) in [6, 6.07) is 18.5. The Morgan fingerprint density at radius 1 is 0.939 bits per heavy atom. The molecule has 4 rings (SSSR count). The number of fused-ring (bicyclic) bond motifs is 1. The molecule has 2 aliphatic rings. The number of para-hydroxylation sites is 3. The molecule has 2 N–H and O–H groups in total. The summed E-state index contributed by atoms with van der Waals surface area (Å²) in [4.78, 5) is 9.38. The van der Waals surface area contributed by atoms with E-state index < -0.39 is 0 Å². The van der Waals surface area contributed by atoms with E-state index >= 15 is 0 Å². The molecule has 0 spiro atoms. The maximum absolute atomic E-state index is 5.99. The van der Waals surface area contributed by atoms with Gasteiger partial charge in [0.25, 0.3) is 0 Å². The molecule has 0 aliphatic carbocycles. The van der Waals surface area contributed by atoms with Crippen LogP contribution >= 0.6 is 24.0 Å². The molecule has 8 heteroatoms. The van der Waals surface area contributed by atoms with Gasteiger partial charge in [0.1, 0.15) is 12.7 Å². The van der Waals surface area contributed by atoms with Crippen LogP contribution in [0, 0.1) is 0 Å². The fourth-order valence-corrected chi connectivity index (χ4v) is 4.13. The van der Waals surface area contributed by atoms with Crippen LogP contribution in [0.2, 0.25) is 0 Å². The number of benzene rings is 2. The number of ether oxygens (including phenoxy) is 2. The van der Waals surface area contributed by atoms with Crippen molar-refractivity contribution in [1.29, 1.82) is 0 Å². The van der Waals surface area contributed by atoms with Gasteiger partial charge in [-0.1, -0.05) is 30.3 Å². The average Bonchev–Trinajstić information content (AvgIpc) is 2.86. The number of piperazine rings is 1. The van der Waals surface area contributed by atoms with Crippen LogP contribution in [-0.2, 0) is 0 Å². The van der Waals surface area contributed by atoms with Gasteiger partial charge in [0.15, 0.2) is 17.5 Å². The number of nitrogens with zero attached hydrogens (tertiary/aromatic N) is 3. The van der Waals surface area contributed by atoms with Crippen molar-refractivity contribution >= 4 is 35.6 Å². The molecule has 2 heterocycles. The van der Waals surface area contributed by atoms with Crippen molar-refractivity contribution in [3.63, 3.8) is 0 Å². The molecular formula is C25H36IN5O2. The first-order valence-corrected chi connectivity index (χ1v) is 11.7. The quantitative estimate of drug-likeness (QED) is 0.222. The molecule has 1 atom stereocenters. The minimum Gasteiger partial charge on any atom is -0.486 e. The summed E-state index contributed by atoms with van der Waals surface area (Å²) in [6.07, 6.45) is 2.28. The van der Waals surface area contributed by atoms with Crippen molar-refractivity contribution in [3.05, 3.63) is 54.6 Å². The van der Waals surface area contributed by atoms with E-state index in [1.165, 1.54) is 12.1 Å². The molecule has 0 aromatic heterocycles. The first kappa shape index (κ1) is 25.4. The average molecular weight is 566 g/mol. The summed E-state index contributed by atoms with van der Waals surface area (Å²) in [5, 5.41) is 6.76. The fraction of sp³-hybridized carbons (Fsp3) is 0.480. The van der Waals surface area contributed by atoms with E-state index in [-0.39, 0.29) is 30.1 Å². The number of guanidine groups is 1. The van der Waals surface area contributed by atoms with Crippen LogP contribution < -0.4 is 25.0 Å². The predicted octanol–water partition coefficient (Wildman–Crippen LogP) is 3.21. The van der Waals surface area contributed by atoms with Gasteiger partial charge >= 0.3 is 0 Å². The number of aliphatic imine (C=N–C) groups is 1. The highest BCUT2D eigenvalue weighted by atomic mass is 127. The van der Waals surface area contributed by atoms with Crippen LogP contribution in [-0.4, -0.2) is 76.4 Å². The SMILES string of the molecule is CN=C(NCCCCN1CCN(c2ccccc2)CC1)NCC1COc2ccccc2O1.I. The molecule has 2 aromatic rings. The third-order valence-electron chi connectivity index (χ3n) is 5.98. The van der Waals surface area contributed by atoms with Gasteiger partial charge in [-0.25, -0.2) is 0 Å². The molecule has 1 fully saturated rings. The lowest BCUT2D eigenvalue weighted by molar-refractivity contribution is 0.0936. The maximum Gasteiger partial charge on any atom is 0.191 e. The van der Waals surface area contributed by atoms with Gasteiger partial charge in [0.05, 0.1) is 6.54 Å². The van der Waals surface area contributed by atoms with E-state index in [0.717, 1.165) is 63.1 Å². The lowest BCUT2D eigenvalue weighted by Gasteiger charge is -2.36. The number of hydrogen-bond donors (Lipinski definition) is 2. The third kappa shape index (κ3) is 7.67. The fourth-order valence-electron chi connectivity index (χ4n) is 4.13. The first-order chi connectivity index (χ1) is 15.8. The zero-order valence-electron chi connectivity index (χ0n) is 19.4. The van der Waals surface area contributed by atoms with Crippen LogP contribution in [0.4, 0.5) is 5.69 Å². The second-order valence-electron chi connectivity index (χ2n) is 8.25. The number of hydrogen-bond acceptors (Lipinski definition) is 5. The minimum atomic E-state index is -0.0296. The summed E-state index contributed by atoms with van der Waals surface area (Å²) in [6.45, 7) is 7.75. The van der Waals surface area contributed by atoms with Crippen LogP contribution in [0.3, 0.4) is 0 Å². The van der Waals surface area contributed by atoms with Crippen LogP contribution in [0.5, 0.6) is 11.5 Å². The number of nitrogens with one attached hydrogen (secondary N) is 2. The Labute approximate surface area is 214 Å². The standard InChI is InChI=1S/C25H35N5O2.HI/c1-26-25(28-19-22-20-31-23-11-5-6-12-24(23)32-22)27-13-7-8-14-29-15-17-30(18-16-29)21-9-3-2-4-10-21;/h2-6,9-12,22H,7-8,13-20H2,1H3,(H2,26,27,28);1H. The Kier molecular flexibility index (Phi) is 10.4. The number of anilines is 1. The molecule has 180 valence electrons. The predicted molar refractivity (Wildman–Crippen MR) is 145 cm³/mol. The lowest BCUT2D eigenvalue weighted by atomic mass is 10.2. The number of rotatable bonds is 8. The van der Waals surface area contributed by atoms with Gasteiger partial charge in [-0.3, -0.25) is 9.89 Å². The van der Waals surface area contributed by atoms with Crippen molar-refractivity contribution in [1.82, 2.24) is 15.5 Å². The second-order valence-corrected chi connectivity index (χ2v) is 8.25. The topological polar surface area (TPSA) is 61.4 Å². The molecular weight excluding hydrogens is 529 g/mol. The largest absolute Gasteiger partial charge is 0.486 e. The molecule has 33 heavy (non-hydrogen) atoms. The van der Waals surface area contributed by atoms with Crippen molar-refractivity contribution in [2.24, 2.45) is 4.99 Å². The van der Waals surface area contributed by atoms with E-state index in [4.69, 9.17) is 9.47 Å². The van der Waals surface area contributed by atoms with Crippen molar-refractivity contribution in [3.8, 4) is 11.5 Å². The molecule has 1 unspecified atom stereocenters. The molecule has 7 nitrogen and oxygen atoms in total. The van der Waals surface area contributed by atoms with Gasteiger partial charge in [0, 0.05) is 45.5 Å². The molecule has 0 amide bonds. The minimum absolute atomic E-state index is 0. The van der Waals surface area contributed by atoms with E-state index in [1.54, 1.807) is 7.05 Å². The zero-order chi connectivity index (χ0) is 22.0. The van der Waals surface area contributed by atoms with E-state index in [9.17, 15) is 0 Å². The summed E-state index contributed by atoms with van der Waals surface area (Å²) in [5.41, 5.74) is 1.34. The highest BCUT2D eigenvalue weighted by molar-refractivity contribution is 14.0. The summed E-state index contributed by atoms with van der Waals surface area (Å²) in [5.74, 6) is 2.43. The lowest BCUT2D eigenvalue weighted by Crippen LogP contribution is -2.47. The maximum atomic E-state index is 5.99. The molecule has 0 radical (unpaired) electrons. The van der Waals surface area contributed by atoms with E-state index in [1.807, 2.05) is 24.3 Å². The zero-order valence-corrected chi connectivity index (χ0v) is 21.7. The van der Waals surface area contributed by atoms with Gasteiger partial charge in [-0.05, 0) is 43.7 Å². The first-order valence-electron chi connectivity index (χ1n) is 11.7. The smallest absolute Gasteiger partial charge is 0.191 e. The Bertz CT molecular complexity index is 859. The van der Waals surface area contributed by atoms with E-state index in [0.29, 0.717) is 13.2 Å². The van der Waals surface area contributed by atoms with Crippen LogP contribution in [0.15, 0.2) is 59.6 Å². The van der Waals surface area contributed by atoms with Gasteiger partial charge < -0.3 is 25.0 Å². The van der Waals surface area contributed by atoms with Crippen LogP contribution in [0.1, 0.15) is 12.8 Å². The molecule has 0 bridgehead atoms. The molecule has 1 saturated heterocycles. The van der Waals surface area contributed by atoms with Crippen molar-refractivity contribution in [2.45, 2.75) is 18.9 Å². The summed E-state index contributed by atoms with van der Waals surface area (Å²) >= 11 is 0. The Morgan fingerprint density at radius 2 is 1.67 bits per heavy atom. The summed E-state index contributed by atoms with van der Waals surface area (Å²) < 4.78 is 11.8. The highest BCUT2D eigenvalue weighted by Gasteiger charge is 2.20. The van der Waals surface area contributed by atoms with Gasteiger partial charge in [-0.2, -0.15) is 0 Å². The molecule has 2 aliphatic heterocycles. The van der Waals surface area contributed by atoms with Crippen LogP contribution in [0.25, 0.3) is 0 Å². The molecule has 0 saturated carbocycles. The monoisotopic (exact) mass is 565 g/mol. The number of halogens is 1. The third-order valence-corrected chi connectivity index (χ3v) is 5.98. The Morgan fingerprint density at radius 3 is 2.42 bits per heavy atom. The van der Waals surface area contributed by atoms with Gasteiger partial charge in [-0.15, -0.1) is 24.0 Å². The summed E-state index contributed by atoms with van der Waals surface area (Å²) in [7, 11) is 1.80. The Balaban J connectivity index is 0.00000306. The van der Waals surface area contributed by atoms with Gasteiger partial charge in [0.2, 0.25) is 0 Å². The normalized spacial score (nSPS) is 18.4. The second kappa shape index (κ2) is 13.5.